The van der Waals surface area contributed by atoms with Crippen LogP contribution in [0.15, 0.2) is 16.4 Å². The fourth-order valence-electron chi connectivity index (χ4n) is 0.784. The summed E-state index contributed by atoms with van der Waals surface area (Å²) in [4.78, 5) is 14.4. The first-order chi connectivity index (χ1) is 5.11. The van der Waals surface area contributed by atoms with Crippen LogP contribution in [0.4, 0.5) is 0 Å². The Bertz CT molecular complexity index is 243. The van der Waals surface area contributed by atoms with E-state index in [4.69, 9.17) is 5.11 Å². The molecule has 0 fully saturated rings. The van der Waals surface area contributed by atoms with E-state index in [9.17, 15) is 4.79 Å². The van der Waals surface area contributed by atoms with Crippen LogP contribution < -0.4 is 5.32 Å². The van der Waals surface area contributed by atoms with E-state index in [0.29, 0.717) is 0 Å². The Balaban J connectivity index is 2.74. The zero-order valence-corrected chi connectivity index (χ0v) is 6.46. The van der Waals surface area contributed by atoms with Gasteiger partial charge in [-0.15, -0.1) is 0 Å². The Morgan fingerprint density at radius 1 is 1.73 bits per heavy atom. The number of hydrogen-bond donors (Lipinski definition) is 2. The summed E-state index contributed by atoms with van der Waals surface area (Å²) in [5.74, 6) is -0.902. The molecule has 0 aliphatic carbocycles. The van der Waals surface area contributed by atoms with E-state index in [1.54, 1.807) is 0 Å². The zero-order chi connectivity index (χ0) is 8.43. The maximum absolute atomic E-state index is 10.4. The molecule has 0 unspecified atom stereocenters. The van der Waals surface area contributed by atoms with Crippen molar-refractivity contribution in [3.05, 3.63) is 11.4 Å². The van der Waals surface area contributed by atoms with Crippen LogP contribution in [-0.2, 0) is 4.79 Å². The third-order valence-corrected chi connectivity index (χ3v) is 1.60. The number of carboxylic acid groups (broad SMARTS) is 1. The summed E-state index contributed by atoms with van der Waals surface area (Å²) in [5, 5.41) is 11.4. The minimum atomic E-state index is -0.902. The van der Waals surface area contributed by atoms with Gasteiger partial charge in [0, 0.05) is 11.9 Å². The molecule has 11 heavy (non-hydrogen) atoms. The van der Waals surface area contributed by atoms with Gasteiger partial charge < -0.3 is 10.4 Å². The molecule has 0 aromatic rings. The highest BCUT2D eigenvalue weighted by Crippen LogP contribution is 2.06. The summed E-state index contributed by atoms with van der Waals surface area (Å²) in [6, 6.07) is -0.668. The van der Waals surface area contributed by atoms with E-state index in [1.165, 1.54) is 6.21 Å². The maximum atomic E-state index is 10.4. The first-order valence-electron chi connectivity index (χ1n) is 3.32. The van der Waals surface area contributed by atoms with Gasteiger partial charge in [-0.1, -0.05) is 0 Å². The number of rotatable bonds is 1. The van der Waals surface area contributed by atoms with Gasteiger partial charge in [-0.05, 0) is 13.8 Å². The van der Waals surface area contributed by atoms with Crippen LogP contribution in [0, 0.1) is 0 Å². The van der Waals surface area contributed by atoms with Gasteiger partial charge in [-0.3, -0.25) is 4.99 Å². The highest BCUT2D eigenvalue weighted by atomic mass is 16.4. The molecule has 1 atom stereocenters. The molecule has 4 heteroatoms. The zero-order valence-electron chi connectivity index (χ0n) is 6.46. The second kappa shape index (κ2) is 2.74. The molecule has 0 amide bonds. The average Bonchev–Trinajstić information content (AvgIpc) is 1.94. The molecule has 0 saturated heterocycles. The molecule has 4 nitrogen and oxygen atoms in total. The fourth-order valence-corrected chi connectivity index (χ4v) is 0.784. The van der Waals surface area contributed by atoms with Crippen LogP contribution in [0.2, 0.25) is 0 Å². The van der Waals surface area contributed by atoms with E-state index in [1.807, 2.05) is 13.8 Å². The predicted molar refractivity (Wildman–Crippen MR) is 41.4 cm³/mol. The molecule has 0 spiro atoms. The topological polar surface area (TPSA) is 61.7 Å². The monoisotopic (exact) mass is 154 g/mol. The van der Waals surface area contributed by atoms with Crippen molar-refractivity contribution in [3.63, 3.8) is 0 Å². The van der Waals surface area contributed by atoms with E-state index in [0.717, 1.165) is 11.4 Å². The van der Waals surface area contributed by atoms with Crippen LogP contribution in [0.5, 0.6) is 0 Å². The van der Waals surface area contributed by atoms with Gasteiger partial charge in [0.2, 0.25) is 0 Å². The van der Waals surface area contributed by atoms with Gasteiger partial charge in [0.1, 0.15) is 0 Å². The van der Waals surface area contributed by atoms with Gasteiger partial charge in [0.25, 0.3) is 0 Å². The minimum absolute atomic E-state index is 0.668. The molecule has 1 aliphatic rings. The molecular weight excluding hydrogens is 144 g/mol. The summed E-state index contributed by atoms with van der Waals surface area (Å²) >= 11 is 0. The Kier molecular flexibility index (Phi) is 1.94. The summed E-state index contributed by atoms with van der Waals surface area (Å²) < 4.78 is 0. The van der Waals surface area contributed by atoms with Crippen molar-refractivity contribution < 1.29 is 9.90 Å². The lowest BCUT2D eigenvalue weighted by molar-refractivity contribution is -0.137. The third-order valence-electron chi connectivity index (χ3n) is 1.60. The van der Waals surface area contributed by atoms with Crippen LogP contribution in [0.25, 0.3) is 0 Å². The Labute approximate surface area is 64.6 Å². The van der Waals surface area contributed by atoms with Crippen molar-refractivity contribution in [2.45, 2.75) is 19.9 Å². The van der Waals surface area contributed by atoms with Crippen LogP contribution >= 0.6 is 0 Å². The Morgan fingerprint density at radius 3 is 2.82 bits per heavy atom. The van der Waals surface area contributed by atoms with E-state index in [-0.39, 0.29) is 0 Å². The summed E-state index contributed by atoms with van der Waals surface area (Å²) in [5.41, 5.74) is 1.66. The highest BCUT2D eigenvalue weighted by Gasteiger charge is 2.17. The minimum Gasteiger partial charge on any atom is -0.479 e. The standard InChI is InChI=1S/C7H10N2O2/c1-4-5(2)9-6(3-8-4)7(10)11/h3,6,9H,1-2H3,(H,10,11)/t6-/m0/s1. The van der Waals surface area contributed by atoms with Gasteiger partial charge in [-0.25, -0.2) is 4.79 Å². The number of aliphatic imine (C=N–C) groups is 1. The number of nitrogens with zero attached hydrogens (tertiary/aromatic N) is 1. The molecule has 60 valence electrons. The fraction of sp³-hybridized carbons (Fsp3) is 0.429. The quantitative estimate of drug-likeness (QED) is 0.573. The molecule has 1 rings (SSSR count). The van der Waals surface area contributed by atoms with Gasteiger partial charge in [0.05, 0.1) is 5.70 Å². The summed E-state index contributed by atoms with van der Waals surface area (Å²) in [6.45, 7) is 3.64. The SMILES string of the molecule is CC1=C(C)N[C@H](C(=O)O)C=N1. The Hall–Kier alpha value is -1.32. The molecule has 1 heterocycles. The van der Waals surface area contributed by atoms with Crippen molar-refractivity contribution in [1.82, 2.24) is 5.32 Å². The van der Waals surface area contributed by atoms with Crippen molar-refractivity contribution in [1.29, 1.82) is 0 Å². The maximum Gasteiger partial charge on any atom is 0.331 e. The second-order valence-electron chi connectivity index (χ2n) is 2.45. The number of carbonyl (C=O) groups is 1. The lowest BCUT2D eigenvalue weighted by Gasteiger charge is -2.16. The molecule has 0 aromatic heterocycles. The van der Waals surface area contributed by atoms with E-state index >= 15 is 0 Å². The van der Waals surface area contributed by atoms with Gasteiger partial charge in [-0.2, -0.15) is 0 Å². The smallest absolute Gasteiger partial charge is 0.331 e. The predicted octanol–water partition coefficient (Wildman–Crippen LogP) is 0.365. The molecule has 2 N–H and O–H groups in total. The molecule has 1 aliphatic heterocycles. The number of aliphatic carboxylic acids is 1. The summed E-state index contributed by atoms with van der Waals surface area (Å²) in [6.07, 6.45) is 1.39. The van der Waals surface area contributed by atoms with Crippen LogP contribution in [0.1, 0.15) is 13.8 Å². The van der Waals surface area contributed by atoms with E-state index < -0.39 is 12.0 Å². The molecule has 0 saturated carbocycles. The third kappa shape index (κ3) is 1.58. The number of nitrogens with one attached hydrogen (secondary N) is 1. The van der Waals surface area contributed by atoms with Gasteiger partial charge >= 0.3 is 5.97 Å². The molecule has 0 radical (unpaired) electrons. The Morgan fingerprint density at radius 2 is 2.36 bits per heavy atom. The van der Waals surface area contributed by atoms with Crippen molar-refractivity contribution in [2.75, 3.05) is 0 Å². The first kappa shape index (κ1) is 7.78. The number of carboxylic acids is 1. The van der Waals surface area contributed by atoms with Crippen molar-refractivity contribution in [2.24, 2.45) is 4.99 Å². The van der Waals surface area contributed by atoms with Crippen molar-refractivity contribution >= 4 is 12.2 Å². The van der Waals surface area contributed by atoms with Gasteiger partial charge in [0.15, 0.2) is 6.04 Å². The normalized spacial score (nSPS) is 23.3. The first-order valence-corrected chi connectivity index (χ1v) is 3.32. The molecule has 0 aromatic carbocycles. The lowest BCUT2D eigenvalue weighted by atomic mass is 10.2. The summed E-state index contributed by atoms with van der Waals surface area (Å²) in [7, 11) is 0. The number of hydrogen-bond acceptors (Lipinski definition) is 3. The van der Waals surface area contributed by atoms with Crippen LogP contribution in [-0.4, -0.2) is 23.3 Å². The number of allylic oxidation sites excluding steroid dienone is 2. The lowest BCUT2D eigenvalue weighted by Crippen LogP contribution is -2.39. The van der Waals surface area contributed by atoms with E-state index in [2.05, 4.69) is 10.3 Å². The van der Waals surface area contributed by atoms with Crippen molar-refractivity contribution in [3.8, 4) is 0 Å². The second-order valence-corrected chi connectivity index (χ2v) is 2.45. The largest absolute Gasteiger partial charge is 0.479 e. The van der Waals surface area contributed by atoms with Crippen LogP contribution in [0.3, 0.4) is 0 Å². The molecule has 0 bridgehead atoms. The molecular formula is C7H10N2O2. The average molecular weight is 154 g/mol. The highest BCUT2D eigenvalue weighted by molar-refractivity contribution is 5.94.